The van der Waals surface area contributed by atoms with Gasteiger partial charge in [0.1, 0.15) is 0 Å². The van der Waals surface area contributed by atoms with Gasteiger partial charge in [-0.05, 0) is 72.6 Å². The lowest BCUT2D eigenvalue weighted by Gasteiger charge is -2.26. The predicted octanol–water partition coefficient (Wildman–Crippen LogP) is 8.11. The molecule has 0 fully saturated rings. The number of hydrogen-bond donors (Lipinski definition) is 0. The summed E-state index contributed by atoms with van der Waals surface area (Å²) in [6.07, 6.45) is 0. The van der Waals surface area contributed by atoms with Gasteiger partial charge in [-0.25, -0.2) is 0 Å². The summed E-state index contributed by atoms with van der Waals surface area (Å²) in [5, 5.41) is 7.85. The average molecular weight is 361 g/mol. The largest absolute Gasteiger partial charge is 0.0616 e. The third kappa shape index (κ3) is 2.77. The van der Waals surface area contributed by atoms with Crippen molar-refractivity contribution < 1.29 is 0 Å². The number of fused-ring (bicyclic) bond motifs is 3. The summed E-state index contributed by atoms with van der Waals surface area (Å²) in [6, 6.07) is 33.3. The van der Waals surface area contributed by atoms with E-state index in [-0.39, 0.29) is 5.41 Å². The first-order chi connectivity index (χ1) is 13.5. The van der Waals surface area contributed by atoms with E-state index in [1.165, 1.54) is 49.0 Å². The maximum absolute atomic E-state index is 2.37. The first-order valence-corrected chi connectivity index (χ1v) is 9.96. The Morgan fingerprint density at radius 3 is 1.75 bits per heavy atom. The van der Waals surface area contributed by atoms with Crippen LogP contribution in [0.2, 0.25) is 0 Å². The summed E-state index contributed by atoms with van der Waals surface area (Å²) >= 11 is 0. The Kier molecular flexibility index (Phi) is 3.77. The topological polar surface area (TPSA) is 0 Å². The van der Waals surface area contributed by atoms with Gasteiger partial charge in [0.2, 0.25) is 0 Å². The summed E-state index contributed by atoms with van der Waals surface area (Å²) in [4.78, 5) is 0. The van der Waals surface area contributed by atoms with Gasteiger partial charge in [-0.15, -0.1) is 0 Å². The molecule has 0 N–H and O–H groups in total. The molecular formula is C28H24. The van der Waals surface area contributed by atoms with Gasteiger partial charge in [0, 0.05) is 0 Å². The van der Waals surface area contributed by atoms with Crippen LogP contribution in [0.15, 0.2) is 91.0 Å². The van der Waals surface area contributed by atoms with Crippen LogP contribution in [0.3, 0.4) is 0 Å². The Hall–Kier alpha value is -3.12. The molecule has 0 aromatic heterocycles. The lowest BCUT2D eigenvalue weighted by Crippen LogP contribution is -2.13. The normalized spacial score (nSPS) is 12.1. The maximum Gasteiger partial charge on any atom is -0.0120 e. The van der Waals surface area contributed by atoms with Gasteiger partial charge >= 0.3 is 0 Å². The molecule has 0 saturated carbocycles. The molecule has 5 aromatic rings. The highest BCUT2D eigenvalue weighted by atomic mass is 14.3. The molecule has 0 spiro atoms. The van der Waals surface area contributed by atoms with Crippen molar-refractivity contribution in [1.82, 2.24) is 0 Å². The molecule has 0 heteroatoms. The van der Waals surface area contributed by atoms with Crippen LogP contribution in [0.4, 0.5) is 0 Å². The number of benzene rings is 5. The van der Waals surface area contributed by atoms with E-state index in [2.05, 4.69) is 112 Å². The molecule has 0 aliphatic carbocycles. The lowest BCUT2D eigenvalue weighted by atomic mass is 9.78. The standard InChI is InChI=1S/C28H24/c1-28(2,3)27-25(23-13-12-19-8-4-5-9-20(19)16-23)15-14-24-17-21-10-6-7-11-22(21)18-26(24)27/h4-18H,1-3H3. The number of rotatable bonds is 1. The van der Waals surface area contributed by atoms with E-state index >= 15 is 0 Å². The predicted molar refractivity (Wildman–Crippen MR) is 123 cm³/mol. The molecule has 0 nitrogen and oxygen atoms in total. The van der Waals surface area contributed by atoms with E-state index in [4.69, 9.17) is 0 Å². The van der Waals surface area contributed by atoms with E-state index in [9.17, 15) is 0 Å². The van der Waals surface area contributed by atoms with Gasteiger partial charge in [-0.3, -0.25) is 0 Å². The van der Waals surface area contributed by atoms with Gasteiger partial charge in [0.05, 0.1) is 0 Å². The molecular weight excluding hydrogens is 336 g/mol. The van der Waals surface area contributed by atoms with E-state index in [0.717, 1.165) is 0 Å². The van der Waals surface area contributed by atoms with Crippen LogP contribution in [0.5, 0.6) is 0 Å². The smallest absolute Gasteiger partial charge is 0.0120 e. The van der Waals surface area contributed by atoms with Gasteiger partial charge in [0.15, 0.2) is 0 Å². The first kappa shape index (κ1) is 17.0. The monoisotopic (exact) mass is 360 g/mol. The van der Waals surface area contributed by atoms with Gasteiger partial charge in [-0.1, -0.05) is 93.6 Å². The van der Waals surface area contributed by atoms with Crippen molar-refractivity contribution in [2.75, 3.05) is 0 Å². The van der Waals surface area contributed by atoms with Crippen LogP contribution >= 0.6 is 0 Å². The van der Waals surface area contributed by atoms with Gasteiger partial charge < -0.3 is 0 Å². The Morgan fingerprint density at radius 1 is 0.500 bits per heavy atom. The van der Waals surface area contributed by atoms with Crippen molar-refractivity contribution in [3.05, 3.63) is 96.6 Å². The Bertz CT molecular complexity index is 1330. The van der Waals surface area contributed by atoms with Crippen molar-refractivity contribution in [3.8, 4) is 11.1 Å². The van der Waals surface area contributed by atoms with Crippen LogP contribution in [0.25, 0.3) is 43.4 Å². The van der Waals surface area contributed by atoms with Crippen LogP contribution in [-0.2, 0) is 5.41 Å². The molecule has 0 aliphatic heterocycles. The second kappa shape index (κ2) is 6.21. The van der Waals surface area contributed by atoms with Crippen molar-refractivity contribution in [3.63, 3.8) is 0 Å². The van der Waals surface area contributed by atoms with Gasteiger partial charge in [-0.2, -0.15) is 0 Å². The molecule has 0 bridgehead atoms. The lowest BCUT2D eigenvalue weighted by molar-refractivity contribution is 0.597. The van der Waals surface area contributed by atoms with E-state index < -0.39 is 0 Å². The molecule has 0 aliphatic rings. The minimum atomic E-state index is 0.0446. The second-order valence-electron chi connectivity index (χ2n) is 8.72. The Balaban J connectivity index is 1.85. The summed E-state index contributed by atoms with van der Waals surface area (Å²) in [7, 11) is 0. The fourth-order valence-electron chi connectivity index (χ4n) is 4.42. The van der Waals surface area contributed by atoms with E-state index in [1.54, 1.807) is 0 Å². The summed E-state index contributed by atoms with van der Waals surface area (Å²) < 4.78 is 0. The zero-order valence-electron chi connectivity index (χ0n) is 16.7. The average Bonchev–Trinajstić information content (AvgIpc) is 2.70. The van der Waals surface area contributed by atoms with Crippen LogP contribution in [0.1, 0.15) is 26.3 Å². The number of hydrogen-bond acceptors (Lipinski definition) is 0. The molecule has 28 heavy (non-hydrogen) atoms. The van der Waals surface area contributed by atoms with Crippen molar-refractivity contribution in [1.29, 1.82) is 0 Å². The summed E-state index contributed by atoms with van der Waals surface area (Å²) in [6.45, 7) is 6.96. The quantitative estimate of drug-likeness (QED) is 0.265. The SMILES string of the molecule is CC(C)(C)c1c(-c2ccc3ccccc3c2)ccc2cc3ccccc3cc12. The highest BCUT2D eigenvalue weighted by Crippen LogP contribution is 2.40. The molecule has 136 valence electrons. The van der Waals surface area contributed by atoms with E-state index in [0.29, 0.717) is 0 Å². The molecule has 0 radical (unpaired) electrons. The zero-order chi connectivity index (χ0) is 19.3. The fourth-order valence-corrected chi connectivity index (χ4v) is 4.42. The molecule has 0 heterocycles. The fraction of sp³-hybridized carbons (Fsp3) is 0.143. The molecule has 5 aromatic carbocycles. The third-order valence-electron chi connectivity index (χ3n) is 5.70. The highest BCUT2D eigenvalue weighted by molar-refractivity contribution is 6.03. The van der Waals surface area contributed by atoms with Crippen molar-refractivity contribution >= 4 is 32.3 Å². The first-order valence-electron chi connectivity index (χ1n) is 9.96. The minimum absolute atomic E-state index is 0.0446. The molecule has 0 amide bonds. The second-order valence-corrected chi connectivity index (χ2v) is 8.72. The summed E-state index contributed by atoms with van der Waals surface area (Å²) in [5.41, 5.74) is 4.09. The van der Waals surface area contributed by atoms with Crippen LogP contribution in [-0.4, -0.2) is 0 Å². The molecule has 5 rings (SSSR count). The summed E-state index contributed by atoms with van der Waals surface area (Å²) in [5.74, 6) is 0. The zero-order valence-corrected chi connectivity index (χ0v) is 16.7. The van der Waals surface area contributed by atoms with Gasteiger partial charge in [0.25, 0.3) is 0 Å². The third-order valence-corrected chi connectivity index (χ3v) is 5.70. The van der Waals surface area contributed by atoms with Crippen molar-refractivity contribution in [2.45, 2.75) is 26.2 Å². The molecule has 0 saturated heterocycles. The Morgan fingerprint density at radius 2 is 1.07 bits per heavy atom. The Labute approximate surface area is 166 Å². The van der Waals surface area contributed by atoms with Crippen molar-refractivity contribution in [2.24, 2.45) is 0 Å². The highest BCUT2D eigenvalue weighted by Gasteiger charge is 2.22. The van der Waals surface area contributed by atoms with Crippen LogP contribution < -0.4 is 0 Å². The minimum Gasteiger partial charge on any atom is -0.0616 e. The molecule has 0 unspecified atom stereocenters. The maximum atomic E-state index is 2.37. The molecule has 0 atom stereocenters. The van der Waals surface area contributed by atoms with E-state index in [1.807, 2.05) is 0 Å². The van der Waals surface area contributed by atoms with Crippen LogP contribution in [0, 0.1) is 0 Å².